The minimum absolute atomic E-state index is 0.0316. The van der Waals surface area contributed by atoms with Gasteiger partial charge < -0.3 is 25.1 Å². The van der Waals surface area contributed by atoms with E-state index in [1.165, 1.54) is 0 Å². The van der Waals surface area contributed by atoms with E-state index in [4.69, 9.17) is 15.1 Å². The third-order valence-electron chi connectivity index (χ3n) is 4.97. The molecule has 0 bridgehead atoms. The Labute approximate surface area is 160 Å². The van der Waals surface area contributed by atoms with E-state index in [2.05, 4.69) is 25.1 Å². The number of nitrogen functional groups attached to an aromatic ring is 1. The Balaban J connectivity index is 1.55. The Morgan fingerprint density at radius 1 is 1.25 bits per heavy atom. The number of benzene rings is 1. The van der Waals surface area contributed by atoms with Gasteiger partial charge in [0.15, 0.2) is 5.82 Å². The van der Waals surface area contributed by atoms with Crippen LogP contribution in [-0.2, 0) is 0 Å². The molecule has 0 radical (unpaired) electrons. The van der Waals surface area contributed by atoms with Crippen molar-refractivity contribution >= 4 is 22.7 Å². The topological polar surface area (TPSA) is 130 Å². The fraction of sp³-hybridized carbons (Fsp3) is 0.263. The van der Waals surface area contributed by atoms with Crippen LogP contribution in [0.4, 0.5) is 11.8 Å². The summed E-state index contributed by atoms with van der Waals surface area (Å²) in [6.07, 6.45) is 5.11. The van der Waals surface area contributed by atoms with E-state index in [-0.39, 0.29) is 12.1 Å². The lowest BCUT2D eigenvalue weighted by Crippen LogP contribution is -2.38. The maximum atomic E-state index is 9.96. The van der Waals surface area contributed by atoms with Crippen LogP contribution in [-0.4, -0.2) is 49.4 Å². The van der Waals surface area contributed by atoms with Crippen molar-refractivity contribution in [3.05, 3.63) is 36.7 Å². The van der Waals surface area contributed by atoms with Gasteiger partial charge in [0, 0.05) is 47.5 Å². The molecule has 1 aliphatic heterocycles. The summed E-state index contributed by atoms with van der Waals surface area (Å²) < 4.78 is 5.33. The molecule has 0 saturated carbocycles. The molecular weight excluding hydrogens is 358 g/mol. The Kier molecular flexibility index (Phi) is 3.94. The van der Waals surface area contributed by atoms with Gasteiger partial charge in [-0.2, -0.15) is 0 Å². The molecule has 1 saturated heterocycles. The molecule has 3 aromatic heterocycles. The van der Waals surface area contributed by atoms with E-state index in [1.807, 2.05) is 30.5 Å². The number of piperidine rings is 1. The summed E-state index contributed by atoms with van der Waals surface area (Å²) in [6, 6.07) is 7.70. The van der Waals surface area contributed by atoms with Crippen LogP contribution in [0.1, 0.15) is 12.8 Å². The summed E-state index contributed by atoms with van der Waals surface area (Å²) in [6.45, 7) is 1.47. The summed E-state index contributed by atoms with van der Waals surface area (Å²) in [7, 11) is 0. The zero-order chi connectivity index (χ0) is 19.1. The molecule has 1 aromatic carbocycles. The number of H-pyrrole nitrogens is 1. The molecule has 1 aliphatic rings. The molecule has 4 aromatic rings. The number of β-amino-alcohol motifs (C(OH)–C–C–N with tert-alkyl or cyclic N) is 1. The second kappa shape index (κ2) is 6.61. The minimum Gasteiger partial charge on any atom is -0.404 e. The van der Waals surface area contributed by atoms with Crippen molar-refractivity contribution in [2.24, 2.45) is 0 Å². The zero-order valence-corrected chi connectivity index (χ0v) is 15.0. The first-order chi connectivity index (χ1) is 13.7. The highest BCUT2D eigenvalue weighted by Gasteiger charge is 2.20. The number of fused-ring (bicyclic) bond motifs is 1. The smallest absolute Gasteiger partial charge is 0.313 e. The van der Waals surface area contributed by atoms with E-state index in [9.17, 15) is 5.11 Å². The van der Waals surface area contributed by atoms with Gasteiger partial charge in [0.1, 0.15) is 5.82 Å². The van der Waals surface area contributed by atoms with Crippen LogP contribution < -0.4 is 10.6 Å². The van der Waals surface area contributed by atoms with E-state index in [0.717, 1.165) is 47.2 Å². The fourth-order valence-corrected chi connectivity index (χ4v) is 3.61. The molecule has 9 heteroatoms. The normalized spacial score (nSPS) is 17.3. The van der Waals surface area contributed by atoms with Gasteiger partial charge in [-0.3, -0.25) is 0 Å². The first-order valence-corrected chi connectivity index (χ1v) is 9.14. The molecule has 9 nitrogen and oxygen atoms in total. The number of nitrogens with zero attached hydrogens (tertiary/aromatic N) is 5. The van der Waals surface area contributed by atoms with Gasteiger partial charge in [0.05, 0.1) is 6.10 Å². The lowest BCUT2D eigenvalue weighted by Gasteiger charge is -2.31. The van der Waals surface area contributed by atoms with Crippen molar-refractivity contribution in [1.82, 2.24) is 25.1 Å². The zero-order valence-electron chi connectivity index (χ0n) is 15.0. The van der Waals surface area contributed by atoms with E-state index in [0.29, 0.717) is 18.3 Å². The van der Waals surface area contributed by atoms with Gasteiger partial charge in [0.2, 0.25) is 5.89 Å². The van der Waals surface area contributed by atoms with Crippen molar-refractivity contribution in [3.63, 3.8) is 0 Å². The van der Waals surface area contributed by atoms with Gasteiger partial charge in [-0.15, -0.1) is 5.10 Å². The largest absolute Gasteiger partial charge is 0.404 e. The van der Waals surface area contributed by atoms with Gasteiger partial charge in [-0.25, -0.2) is 9.97 Å². The summed E-state index contributed by atoms with van der Waals surface area (Å²) in [5, 5.41) is 18.6. The third-order valence-corrected chi connectivity index (χ3v) is 4.97. The van der Waals surface area contributed by atoms with Crippen molar-refractivity contribution in [1.29, 1.82) is 0 Å². The molecule has 5 rings (SSSR count). The lowest BCUT2D eigenvalue weighted by molar-refractivity contribution is 0.154. The number of hydrogen-bond acceptors (Lipinski definition) is 8. The second-order valence-electron chi connectivity index (χ2n) is 6.89. The van der Waals surface area contributed by atoms with Crippen LogP contribution in [0.2, 0.25) is 0 Å². The molecule has 28 heavy (non-hydrogen) atoms. The highest BCUT2D eigenvalue weighted by Crippen LogP contribution is 2.31. The van der Waals surface area contributed by atoms with Crippen LogP contribution in [0.25, 0.3) is 33.7 Å². The summed E-state index contributed by atoms with van der Waals surface area (Å²) in [4.78, 5) is 14.6. The van der Waals surface area contributed by atoms with Gasteiger partial charge >= 0.3 is 6.01 Å². The molecule has 1 atom stereocenters. The standard InChI is InChI=1S/C19H19N7O2/c20-19-25-24-18(28-19)11-3-4-15-13(8-11)14(9-22-15)17-21-6-5-16(23-17)26-7-1-2-12(27)10-26/h3-6,8-9,12,22,27H,1-2,7,10H2,(H2,20,25). The van der Waals surface area contributed by atoms with Crippen LogP contribution in [0.15, 0.2) is 41.1 Å². The Morgan fingerprint density at radius 3 is 3.00 bits per heavy atom. The molecule has 4 heterocycles. The lowest BCUT2D eigenvalue weighted by atomic mass is 10.1. The number of nitrogens with two attached hydrogens (primary N) is 1. The van der Waals surface area contributed by atoms with Crippen LogP contribution >= 0.6 is 0 Å². The first-order valence-electron chi connectivity index (χ1n) is 9.14. The van der Waals surface area contributed by atoms with Crippen molar-refractivity contribution < 1.29 is 9.52 Å². The van der Waals surface area contributed by atoms with Crippen LogP contribution in [0.5, 0.6) is 0 Å². The van der Waals surface area contributed by atoms with Gasteiger partial charge in [-0.1, -0.05) is 5.10 Å². The molecule has 4 N–H and O–H groups in total. The van der Waals surface area contributed by atoms with Crippen molar-refractivity contribution in [2.45, 2.75) is 18.9 Å². The maximum absolute atomic E-state index is 9.96. The van der Waals surface area contributed by atoms with Crippen molar-refractivity contribution in [3.8, 4) is 22.8 Å². The molecule has 142 valence electrons. The SMILES string of the molecule is Nc1nnc(-c2ccc3[nH]cc(-c4nccc(N5CCCC(O)C5)n4)c3c2)o1. The monoisotopic (exact) mass is 377 g/mol. The van der Waals surface area contributed by atoms with Gasteiger partial charge in [-0.05, 0) is 37.1 Å². The number of aromatic nitrogens is 5. The Bertz CT molecular complexity index is 1140. The summed E-state index contributed by atoms with van der Waals surface area (Å²) in [5.41, 5.74) is 8.14. The van der Waals surface area contributed by atoms with E-state index >= 15 is 0 Å². The number of aromatic amines is 1. The average molecular weight is 377 g/mol. The summed E-state index contributed by atoms with van der Waals surface area (Å²) >= 11 is 0. The Morgan fingerprint density at radius 2 is 2.18 bits per heavy atom. The maximum Gasteiger partial charge on any atom is 0.313 e. The number of anilines is 2. The average Bonchev–Trinajstić information content (AvgIpc) is 3.34. The van der Waals surface area contributed by atoms with Crippen LogP contribution in [0.3, 0.4) is 0 Å². The predicted octanol–water partition coefficient (Wildman–Crippen LogP) is 2.22. The molecule has 1 fully saturated rings. The molecule has 1 unspecified atom stereocenters. The first kappa shape index (κ1) is 16.7. The third kappa shape index (κ3) is 2.95. The van der Waals surface area contributed by atoms with E-state index in [1.54, 1.807) is 6.20 Å². The fourth-order valence-electron chi connectivity index (χ4n) is 3.61. The highest BCUT2D eigenvalue weighted by atomic mass is 16.4. The summed E-state index contributed by atoms with van der Waals surface area (Å²) in [5.74, 6) is 1.80. The number of nitrogens with one attached hydrogen (secondary N) is 1. The number of rotatable bonds is 3. The predicted molar refractivity (Wildman–Crippen MR) is 104 cm³/mol. The van der Waals surface area contributed by atoms with Crippen LogP contribution in [0, 0.1) is 0 Å². The van der Waals surface area contributed by atoms with Gasteiger partial charge in [0.25, 0.3) is 0 Å². The highest BCUT2D eigenvalue weighted by molar-refractivity contribution is 5.96. The number of aliphatic hydroxyl groups is 1. The molecular formula is C19H19N7O2. The van der Waals surface area contributed by atoms with Crippen molar-refractivity contribution in [2.75, 3.05) is 23.7 Å². The number of aliphatic hydroxyl groups excluding tert-OH is 1. The second-order valence-corrected chi connectivity index (χ2v) is 6.89. The minimum atomic E-state index is -0.315. The molecule has 0 spiro atoms. The molecule has 0 aliphatic carbocycles. The number of hydrogen-bond donors (Lipinski definition) is 3. The van der Waals surface area contributed by atoms with E-state index < -0.39 is 0 Å². The Hall–Kier alpha value is -3.46. The quantitative estimate of drug-likeness (QED) is 0.495. The molecule has 0 amide bonds.